The summed E-state index contributed by atoms with van der Waals surface area (Å²) in [6.45, 7) is 1.17. The van der Waals surface area contributed by atoms with Crippen molar-refractivity contribution in [2.75, 3.05) is 27.3 Å². The van der Waals surface area contributed by atoms with Crippen molar-refractivity contribution in [3.05, 3.63) is 53.1 Å². The van der Waals surface area contributed by atoms with E-state index in [2.05, 4.69) is 15.6 Å². The average Bonchev–Trinajstić information content (AvgIpc) is 2.70. The summed E-state index contributed by atoms with van der Waals surface area (Å²) in [7, 11) is 3.12. The molecule has 31 heavy (non-hydrogen) atoms. The van der Waals surface area contributed by atoms with Gasteiger partial charge in [0.25, 0.3) is 0 Å². The number of methoxy groups -OCH3 is 1. The fraction of sp³-hybridized carbons (Fsp3) is 0.381. The average molecular weight is 553 g/mol. The number of alkyl halides is 3. The molecule has 6 nitrogen and oxygen atoms in total. The van der Waals surface area contributed by atoms with Gasteiger partial charge < -0.3 is 25.2 Å². The number of hydrogen-bond donors (Lipinski definition) is 3. The maximum atomic E-state index is 12.5. The largest absolute Gasteiger partial charge is 0.508 e. The molecule has 2 aromatic carbocycles. The second-order valence-electron chi connectivity index (χ2n) is 6.61. The van der Waals surface area contributed by atoms with Crippen LogP contribution >= 0.6 is 24.0 Å². The summed E-state index contributed by atoms with van der Waals surface area (Å²) in [4.78, 5) is 4.11. The lowest BCUT2D eigenvalue weighted by molar-refractivity contribution is -0.153. The summed E-state index contributed by atoms with van der Waals surface area (Å²) in [5.74, 6) is 1.37. The molecule has 0 aliphatic rings. The molecule has 0 heterocycles. The predicted molar refractivity (Wildman–Crippen MR) is 125 cm³/mol. The number of nitrogens with one attached hydrogen (secondary N) is 2. The highest BCUT2D eigenvalue weighted by Gasteiger charge is 2.28. The highest BCUT2D eigenvalue weighted by Crippen LogP contribution is 2.24. The first-order valence-corrected chi connectivity index (χ1v) is 9.31. The van der Waals surface area contributed by atoms with Crippen molar-refractivity contribution in [3.63, 3.8) is 0 Å². The maximum Gasteiger partial charge on any atom is 0.422 e. The van der Waals surface area contributed by atoms with Crippen LogP contribution in [0.5, 0.6) is 17.2 Å². The highest BCUT2D eigenvalue weighted by molar-refractivity contribution is 14.0. The summed E-state index contributed by atoms with van der Waals surface area (Å²) in [5, 5.41) is 16.2. The molecular weight excluding hydrogens is 526 g/mol. The van der Waals surface area contributed by atoms with Crippen LogP contribution in [0.1, 0.15) is 16.7 Å². The molecule has 0 aliphatic carbocycles. The van der Waals surface area contributed by atoms with Gasteiger partial charge in [-0.05, 0) is 36.6 Å². The van der Waals surface area contributed by atoms with E-state index >= 15 is 0 Å². The number of guanidine groups is 1. The van der Waals surface area contributed by atoms with Crippen molar-refractivity contribution in [1.82, 2.24) is 10.6 Å². The number of benzene rings is 2. The summed E-state index contributed by atoms with van der Waals surface area (Å²) >= 11 is 0. The monoisotopic (exact) mass is 553 g/mol. The van der Waals surface area contributed by atoms with Crippen molar-refractivity contribution in [2.45, 2.75) is 26.1 Å². The molecular formula is C21H27F3IN3O3. The topological polar surface area (TPSA) is 75.1 Å². The van der Waals surface area contributed by atoms with Crippen LogP contribution in [-0.2, 0) is 13.0 Å². The molecule has 0 amide bonds. The number of aliphatic imine (C=N–C) groups is 1. The normalized spacial score (nSPS) is 11.5. The third-order valence-electron chi connectivity index (χ3n) is 4.26. The molecule has 2 aromatic rings. The zero-order valence-corrected chi connectivity index (χ0v) is 19.9. The smallest absolute Gasteiger partial charge is 0.422 e. The van der Waals surface area contributed by atoms with Gasteiger partial charge in [-0.2, -0.15) is 13.2 Å². The van der Waals surface area contributed by atoms with Gasteiger partial charge in [0.05, 0.1) is 7.11 Å². The van der Waals surface area contributed by atoms with E-state index in [0.717, 1.165) is 11.1 Å². The van der Waals surface area contributed by atoms with Crippen LogP contribution in [-0.4, -0.2) is 44.6 Å². The Kier molecular flexibility index (Phi) is 10.7. The first-order chi connectivity index (χ1) is 14.2. The molecule has 3 N–H and O–H groups in total. The van der Waals surface area contributed by atoms with Crippen molar-refractivity contribution in [2.24, 2.45) is 4.99 Å². The predicted octanol–water partition coefficient (Wildman–Crippen LogP) is 4.18. The minimum Gasteiger partial charge on any atom is -0.508 e. The molecule has 2 rings (SSSR count). The molecule has 0 saturated heterocycles. The molecule has 0 fully saturated rings. The Bertz CT molecular complexity index is 877. The Hall–Kier alpha value is -2.37. The van der Waals surface area contributed by atoms with Crippen LogP contribution in [0.25, 0.3) is 0 Å². The number of aromatic hydroxyl groups is 1. The number of hydrogen-bond acceptors (Lipinski definition) is 4. The van der Waals surface area contributed by atoms with E-state index in [4.69, 9.17) is 9.47 Å². The van der Waals surface area contributed by atoms with Crippen molar-refractivity contribution in [1.29, 1.82) is 0 Å². The second-order valence-corrected chi connectivity index (χ2v) is 6.61. The minimum atomic E-state index is -4.40. The van der Waals surface area contributed by atoms with E-state index in [9.17, 15) is 18.3 Å². The quantitative estimate of drug-likeness (QED) is 0.260. The number of rotatable bonds is 8. The van der Waals surface area contributed by atoms with Crippen LogP contribution in [0, 0.1) is 6.92 Å². The molecule has 0 aromatic heterocycles. The standard InChI is InChI=1S/C21H26F3N3O3.HI/c1-14-4-5-16(19(10-14)30-13-21(22,23)24)12-27-20(25-2)26-9-8-15-6-7-17(29-3)11-18(15)28;/h4-7,10-11,28H,8-9,12-13H2,1-3H3,(H2,25,26,27);1H. The second kappa shape index (κ2) is 12.5. The summed E-state index contributed by atoms with van der Waals surface area (Å²) in [6, 6.07) is 10.2. The third kappa shape index (κ3) is 9.11. The Morgan fingerprint density at radius 1 is 1.10 bits per heavy atom. The van der Waals surface area contributed by atoms with Gasteiger partial charge in [0, 0.05) is 31.8 Å². The van der Waals surface area contributed by atoms with Crippen LogP contribution < -0.4 is 20.1 Å². The van der Waals surface area contributed by atoms with Crippen LogP contribution in [0.15, 0.2) is 41.4 Å². The number of phenols is 1. The molecule has 10 heteroatoms. The summed E-state index contributed by atoms with van der Waals surface area (Å²) in [6.07, 6.45) is -3.86. The fourth-order valence-corrected chi connectivity index (χ4v) is 2.70. The van der Waals surface area contributed by atoms with E-state index in [0.29, 0.717) is 30.2 Å². The highest BCUT2D eigenvalue weighted by atomic mass is 127. The van der Waals surface area contributed by atoms with E-state index in [1.165, 1.54) is 7.11 Å². The molecule has 0 saturated carbocycles. The molecule has 0 atom stereocenters. The van der Waals surface area contributed by atoms with E-state index in [1.54, 1.807) is 50.4 Å². The van der Waals surface area contributed by atoms with Crippen LogP contribution in [0.2, 0.25) is 0 Å². The molecule has 0 radical (unpaired) electrons. The molecule has 0 aliphatic heterocycles. The van der Waals surface area contributed by atoms with Gasteiger partial charge in [0.15, 0.2) is 12.6 Å². The minimum absolute atomic E-state index is 0. The van der Waals surface area contributed by atoms with E-state index in [1.807, 2.05) is 0 Å². The Morgan fingerprint density at radius 2 is 1.81 bits per heavy atom. The lowest BCUT2D eigenvalue weighted by Gasteiger charge is -2.16. The van der Waals surface area contributed by atoms with Crippen molar-refractivity contribution < 1.29 is 27.8 Å². The number of phenolic OH excluding ortho intramolecular Hbond substituents is 1. The van der Waals surface area contributed by atoms with Gasteiger partial charge in [-0.25, -0.2) is 0 Å². The van der Waals surface area contributed by atoms with Crippen molar-refractivity contribution >= 4 is 29.9 Å². The van der Waals surface area contributed by atoms with Gasteiger partial charge in [-0.15, -0.1) is 24.0 Å². The van der Waals surface area contributed by atoms with E-state index < -0.39 is 12.8 Å². The Morgan fingerprint density at radius 3 is 2.42 bits per heavy atom. The van der Waals surface area contributed by atoms with Crippen LogP contribution in [0.3, 0.4) is 0 Å². The lowest BCUT2D eigenvalue weighted by Crippen LogP contribution is -2.38. The van der Waals surface area contributed by atoms with Crippen LogP contribution in [0.4, 0.5) is 13.2 Å². The molecule has 0 unspecified atom stereocenters. The summed E-state index contributed by atoms with van der Waals surface area (Å²) < 4.78 is 47.5. The zero-order valence-electron chi connectivity index (χ0n) is 17.5. The number of halogens is 4. The Labute approximate surface area is 196 Å². The Balaban J connectivity index is 0.00000480. The molecule has 0 bridgehead atoms. The first-order valence-electron chi connectivity index (χ1n) is 9.31. The number of ether oxygens (including phenoxy) is 2. The molecule has 172 valence electrons. The van der Waals surface area contributed by atoms with Gasteiger partial charge >= 0.3 is 6.18 Å². The fourth-order valence-electron chi connectivity index (χ4n) is 2.70. The zero-order chi connectivity index (χ0) is 22.1. The summed E-state index contributed by atoms with van der Waals surface area (Å²) in [5.41, 5.74) is 2.14. The van der Waals surface area contributed by atoms with Crippen molar-refractivity contribution in [3.8, 4) is 17.2 Å². The van der Waals surface area contributed by atoms with Gasteiger partial charge in [-0.3, -0.25) is 4.99 Å². The third-order valence-corrected chi connectivity index (χ3v) is 4.26. The lowest BCUT2D eigenvalue weighted by atomic mass is 10.1. The SMILES string of the molecule is CN=C(NCCc1ccc(OC)cc1O)NCc1ccc(C)cc1OCC(F)(F)F.I. The number of aryl methyl sites for hydroxylation is 1. The van der Waals surface area contributed by atoms with Gasteiger partial charge in [0.2, 0.25) is 0 Å². The van der Waals surface area contributed by atoms with Gasteiger partial charge in [0.1, 0.15) is 17.2 Å². The molecule has 0 spiro atoms. The maximum absolute atomic E-state index is 12.5. The van der Waals surface area contributed by atoms with Gasteiger partial charge in [-0.1, -0.05) is 18.2 Å². The van der Waals surface area contributed by atoms with E-state index in [-0.39, 0.29) is 42.0 Å². The number of nitrogens with zero attached hydrogens (tertiary/aromatic N) is 1. The first kappa shape index (κ1) is 26.7.